The number of para-hydroxylation sites is 1. The molecule has 76 heavy (non-hydrogen) atoms. The number of benzene rings is 12. The third-order valence-electron chi connectivity index (χ3n) is 15.8. The van der Waals surface area contributed by atoms with Crippen LogP contribution >= 0.6 is 0 Å². The first kappa shape index (κ1) is 43.8. The normalized spacial score (nSPS) is 12.7. The molecule has 0 bridgehead atoms. The molecule has 0 saturated heterocycles. The van der Waals surface area contributed by atoms with E-state index in [4.69, 9.17) is 4.42 Å². The van der Waals surface area contributed by atoms with Gasteiger partial charge in [0.1, 0.15) is 11.2 Å². The molecular weight excluding hydrogens is 919 g/mol. The predicted octanol–water partition coefficient (Wildman–Crippen LogP) is 20.7. The highest BCUT2D eigenvalue weighted by Crippen LogP contribution is 2.47. The Morgan fingerprint density at radius 3 is 1.37 bits per heavy atom. The van der Waals surface area contributed by atoms with Gasteiger partial charge >= 0.3 is 0 Å². The zero-order valence-electron chi connectivity index (χ0n) is 41.8. The van der Waals surface area contributed by atoms with Crippen molar-refractivity contribution >= 4 is 70.9 Å². The second-order valence-corrected chi connectivity index (χ2v) is 20.2. The number of hydrogen-bond acceptors (Lipinski definition) is 1. The summed E-state index contributed by atoms with van der Waals surface area (Å²) >= 11 is 0. The smallest absolute Gasteiger partial charge is 0.143 e. The molecule has 356 valence electrons. The Morgan fingerprint density at radius 1 is 0.289 bits per heavy atom. The Morgan fingerprint density at radius 2 is 0.750 bits per heavy atom. The maximum absolute atomic E-state index is 7.24. The van der Waals surface area contributed by atoms with Crippen LogP contribution in [0.15, 0.2) is 277 Å². The molecule has 14 aromatic rings. The molecule has 12 aromatic carbocycles. The van der Waals surface area contributed by atoms with Crippen molar-refractivity contribution in [2.45, 2.75) is 12.8 Å². The minimum atomic E-state index is 0.897. The van der Waals surface area contributed by atoms with Gasteiger partial charge in [-0.2, -0.15) is 0 Å². The van der Waals surface area contributed by atoms with Crippen LogP contribution in [-0.4, -0.2) is 4.57 Å². The van der Waals surface area contributed by atoms with Crippen LogP contribution in [0.1, 0.15) is 18.4 Å². The monoisotopic (exact) mass is 967 g/mol. The molecule has 15 rings (SSSR count). The summed E-state index contributed by atoms with van der Waals surface area (Å²) in [4.78, 5) is 0. The van der Waals surface area contributed by atoms with Crippen molar-refractivity contribution in [3.05, 3.63) is 279 Å². The summed E-state index contributed by atoms with van der Waals surface area (Å²) in [6, 6.07) is 93.4. The lowest BCUT2D eigenvalue weighted by molar-refractivity contribution is 0.669. The van der Waals surface area contributed by atoms with Gasteiger partial charge in [0.2, 0.25) is 0 Å². The lowest BCUT2D eigenvalue weighted by atomic mass is 9.85. The summed E-state index contributed by atoms with van der Waals surface area (Å²) in [5.41, 5.74) is 21.8. The van der Waals surface area contributed by atoms with Gasteiger partial charge in [-0.3, -0.25) is 0 Å². The van der Waals surface area contributed by atoms with Gasteiger partial charge in [0.15, 0.2) is 0 Å². The van der Waals surface area contributed by atoms with Gasteiger partial charge < -0.3 is 8.98 Å². The highest BCUT2D eigenvalue weighted by molar-refractivity contribution is 6.22. The SMILES string of the molecule is C1=CC(c2cc(-c3ccccc3)cc3c2oc2c(-c4ccc5c(c4)c4ccccc4n5-c4ccc(-c5ccc6c(-c7ccccc7)c7ccccc7c(-c7ccccc7)c6c5)cc4)cc(-c4ccccc4)cc23)=CCC1. The second-order valence-electron chi connectivity index (χ2n) is 20.2. The fourth-order valence-corrected chi connectivity index (χ4v) is 12.2. The standard InChI is InChI=1S/C74H49NO/c1-6-20-48(21-7-1)56-44-63(51-24-10-3-11-25-51)73-67(46-56)68-47-57(49-22-8-2-9-23-49)45-64(74(68)76-73)55-37-41-70-65(43-55)59-30-18-19-33-69(59)75(70)58-38-34-50(35-39-58)54-36-40-62-66(42-54)72(53-28-14-5-15-29-53)61-32-17-16-31-60(61)71(62)52-26-12-4-13-27-52/h1-2,4-10,12-47H,3,11H2. The van der Waals surface area contributed by atoms with Crippen LogP contribution in [0, 0.1) is 0 Å². The van der Waals surface area contributed by atoms with Gasteiger partial charge in [-0.05, 0) is 162 Å². The van der Waals surface area contributed by atoms with E-state index >= 15 is 0 Å². The molecule has 2 nitrogen and oxygen atoms in total. The lowest BCUT2D eigenvalue weighted by Crippen LogP contribution is -1.94. The van der Waals surface area contributed by atoms with Crippen molar-refractivity contribution in [1.29, 1.82) is 0 Å². The van der Waals surface area contributed by atoms with Crippen LogP contribution in [-0.2, 0) is 0 Å². The largest absolute Gasteiger partial charge is 0.455 e. The van der Waals surface area contributed by atoms with Crippen LogP contribution in [0.4, 0.5) is 0 Å². The molecule has 0 unspecified atom stereocenters. The predicted molar refractivity (Wildman–Crippen MR) is 322 cm³/mol. The van der Waals surface area contributed by atoms with Gasteiger partial charge in [0.25, 0.3) is 0 Å². The zero-order valence-corrected chi connectivity index (χ0v) is 41.8. The molecule has 0 aliphatic heterocycles. The van der Waals surface area contributed by atoms with E-state index in [1.807, 2.05) is 0 Å². The first-order chi connectivity index (χ1) is 37.7. The third kappa shape index (κ3) is 7.25. The number of hydrogen-bond donors (Lipinski definition) is 0. The van der Waals surface area contributed by atoms with Crippen LogP contribution in [0.3, 0.4) is 0 Å². The van der Waals surface area contributed by atoms with Crippen LogP contribution in [0.25, 0.3) is 143 Å². The van der Waals surface area contributed by atoms with E-state index in [0.717, 1.165) is 68.2 Å². The summed E-state index contributed by atoms with van der Waals surface area (Å²) in [7, 11) is 0. The minimum Gasteiger partial charge on any atom is -0.455 e. The van der Waals surface area contributed by atoms with Gasteiger partial charge in [0.05, 0.1) is 11.0 Å². The quantitative estimate of drug-likeness (QED) is 0.139. The van der Waals surface area contributed by atoms with Crippen molar-refractivity contribution in [1.82, 2.24) is 4.57 Å². The Bertz CT molecular complexity index is 4630. The van der Waals surface area contributed by atoms with E-state index in [1.165, 1.54) is 93.5 Å². The number of aromatic nitrogens is 1. The molecule has 0 saturated carbocycles. The van der Waals surface area contributed by atoms with E-state index in [0.29, 0.717) is 0 Å². The summed E-state index contributed by atoms with van der Waals surface area (Å²) in [6.07, 6.45) is 8.97. The minimum absolute atomic E-state index is 0.897. The first-order valence-corrected chi connectivity index (χ1v) is 26.5. The van der Waals surface area contributed by atoms with Crippen LogP contribution in [0.2, 0.25) is 0 Å². The van der Waals surface area contributed by atoms with Crippen molar-refractivity contribution in [3.63, 3.8) is 0 Å². The summed E-state index contributed by atoms with van der Waals surface area (Å²) in [6.45, 7) is 0. The fourth-order valence-electron chi connectivity index (χ4n) is 12.2. The molecule has 1 aliphatic rings. The zero-order chi connectivity index (χ0) is 50.1. The number of fused-ring (bicyclic) bond motifs is 8. The maximum atomic E-state index is 7.24. The summed E-state index contributed by atoms with van der Waals surface area (Å²) in [5, 5.41) is 9.64. The van der Waals surface area contributed by atoms with Gasteiger partial charge in [0, 0.05) is 38.4 Å². The molecule has 0 fully saturated rings. The van der Waals surface area contributed by atoms with E-state index in [-0.39, 0.29) is 0 Å². The Kier molecular flexibility index (Phi) is 10.4. The third-order valence-corrected chi connectivity index (χ3v) is 15.8. The molecule has 0 spiro atoms. The molecule has 2 heterocycles. The summed E-state index contributed by atoms with van der Waals surface area (Å²) < 4.78 is 9.66. The molecular formula is C74H49NO. The van der Waals surface area contributed by atoms with Crippen LogP contribution in [0.5, 0.6) is 0 Å². The number of rotatable bonds is 8. The molecule has 0 amide bonds. The molecule has 0 atom stereocenters. The maximum Gasteiger partial charge on any atom is 0.143 e. The molecule has 0 radical (unpaired) electrons. The number of furan rings is 1. The van der Waals surface area contributed by atoms with E-state index in [9.17, 15) is 0 Å². The highest BCUT2D eigenvalue weighted by atomic mass is 16.3. The molecule has 2 aromatic heterocycles. The van der Waals surface area contributed by atoms with Crippen LogP contribution < -0.4 is 0 Å². The number of nitrogens with zero attached hydrogens (tertiary/aromatic N) is 1. The molecule has 2 heteroatoms. The molecule has 0 N–H and O–H groups in total. The van der Waals surface area contributed by atoms with Crippen molar-refractivity contribution in [2.75, 3.05) is 0 Å². The fraction of sp³-hybridized carbons (Fsp3) is 0.0270. The number of allylic oxidation sites excluding steroid dienone is 4. The van der Waals surface area contributed by atoms with E-state index in [1.54, 1.807) is 0 Å². The Balaban J connectivity index is 0.883. The van der Waals surface area contributed by atoms with Gasteiger partial charge in [-0.1, -0.05) is 212 Å². The van der Waals surface area contributed by atoms with Gasteiger partial charge in [-0.15, -0.1) is 0 Å². The van der Waals surface area contributed by atoms with E-state index in [2.05, 4.69) is 278 Å². The Labute approximate surface area is 441 Å². The Hall–Kier alpha value is -9.76. The summed E-state index contributed by atoms with van der Waals surface area (Å²) in [5.74, 6) is 0. The second kappa shape index (κ2) is 18.0. The van der Waals surface area contributed by atoms with E-state index < -0.39 is 0 Å². The molecule has 1 aliphatic carbocycles. The average molecular weight is 968 g/mol. The van der Waals surface area contributed by atoms with Crippen molar-refractivity contribution < 1.29 is 4.42 Å². The average Bonchev–Trinajstić information content (AvgIpc) is 4.05. The lowest BCUT2D eigenvalue weighted by Gasteiger charge is -2.19. The topological polar surface area (TPSA) is 18.1 Å². The highest BCUT2D eigenvalue weighted by Gasteiger charge is 2.23. The van der Waals surface area contributed by atoms with Gasteiger partial charge in [-0.25, -0.2) is 0 Å². The van der Waals surface area contributed by atoms with Crippen molar-refractivity contribution in [2.24, 2.45) is 0 Å². The van der Waals surface area contributed by atoms with Crippen molar-refractivity contribution in [3.8, 4) is 72.4 Å². The first-order valence-electron chi connectivity index (χ1n) is 26.5.